The van der Waals surface area contributed by atoms with Gasteiger partial charge in [-0.05, 0) is 55.8 Å². The van der Waals surface area contributed by atoms with Crippen molar-refractivity contribution >= 4 is 22.6 Å². The molecule has 2 aromatic carbocycles. The number of nitrogens with zero attached hydrogens (tertiary/aromatic N) is 4. The van der Waals surface area contributed by atoms with Gasteiger partial charge in [0.1, 0.15) is 23.1 Å². The predicted octanol–water partition coefficient (Wildman–Crippen LogP) is 5.64. The van der Waals surface area contributed by atoms with Crippen LogP contribution in [0, 0.1) is 5.82 Å². The summed E-state index contributed by atoms with van der Waals surface area (Å²) >= 11 is 0. The summed E-state index contributed by atoms with van der Waals surface area (Å²) in [7, 11) is 3.10. The third kappa shape index (κ3) is 5.69. The molecule has 1 N–H and O–H groups in total. The number of halogens is 1. The summed E-state index contributed by atoms with van der Waals surface area (Å²) in [4.78, 5) is 35.0. The fourth-order valence-corrected chi connectivity index (χ4v) is 4.11. The molecule has 11 heteroatoms. The Bertz CT molecular complexity index is 1790. The summed E-state index contributed by atoms with van der Waals surface area (Å²) in [5, 5.41) is 7.57. The summed E-state index contributed by atoms with van der Waals surface area (Å²) in [6, 6.07) is 13.8. The Morgan fingerprint density at radius 3 is 2.34 bits per heavy atom. The molecule has 0 fully saturated rings. The number of fused-ring (bicyclic) bond motifs is 1. The lowest BCUT2D eigenvalue weighted by molar-refractivity contribution is 0.101. The minimum absolute atomic E-state index is 0.138. The highest BCUT2D eigenvalue weighted by Crippen LogP contribution is 2.36. The van der Waals surface area contributed by atoms with Crippen LogP contribution in [0.3, 0.4) is 0 Å². The minimum atomic E-state index is -0.726. The number of hydrogen-bond donors (Lipinski definition) is 1. The molecule has 0 aliphatic heterocycles. The van der Waals surface area contributed by atoms with Crippen molar-refractivity contribution in [2.45, 2.75) is 19.9 Å². The number of nitrogens with one attached hydrogen (secondary N) is 1. The van der Waals surface area contributed by atoms with Crippen molar-refractivity contribution in [2.24, 2.45) is 0 Å². The van der Waals surface area contributed by atoms with Gasteiger partial charge in [-0.3, -0.25) is 19.3 Å². The monoisotopic (exact) mass is 555 g/mol. The number of anilines is 1. The topological polar surface area (TPSA) is 117 Å². The molecule has 1 amide bonds. The second-order valence-corrected chi connectivity index (χ2v) is 9.27. The first-order chi connectivity index (χ1) is 19.8. The Morgan fingerprint density at radius 2 is 1.68 bits per heavy atom. The minimum Gasteiger partial charge on any atom is -0.493 e. The van der Waals surface area contributed by atoms with Gasteiger partial charge in [-0.15, -0.1) is 0 Å². The Kier molecular flexibility index (Phi) is 7.59. The molecule has 0 saturated carbocycles. The van der Waals surface area contributed by atoms with Crippen LogP contribution in [0.5, 0.6) is 23.0 Å². The fraction of sp³-hybridized carbons (Fsp3) is 0.167. The molecule has 0 saturated heterocycles. The Balaban J connectivity index is 1.39. The van der Waals surface area contributed by atoms with E-state index in [0.29, 0.717) is 39.5 Å². The first-order valence-electron chi connectivity index (χ1n) is 12.6. The number of rotatable bonds is 8. The first kappa shape index (κ1) is 27.3. The summed E-state index contributed by atoms with van der Waals surface area (Å²) in [5.41, 5.74) is 0.466. The van der Waals surface area contributed by atoms with Crippen molar-refractivity contribution < 1.29 is 23.4 Å². The number of carbonyl (C=O) groups excluding carboxylic acids is 1. The molecule has 0 radical (unpaired) electrons. The van der Waals surface area contributed by atoms with E-state index in [4.69, 9.17) is 14.2 Å². The smallest absolute Gasteiger partial charge is 0.281 e. The average molecular weight is 556 g/mol. The van der Waals surface area contributed by atoms with Crippen LogP contribution in [-0.4, -0.2) is 39.9 Å². The molecule has 0 unspecified atom stereocenters. The van der Waals surface area contributed by atoms with Gasteiger partial charge >= 0.3 is 0 Å². The molecule has 0 spiro atoms. The van der Waals surface area contributed by atoms with E-state index >= 15 is 0 Å². The van der Waals surface area contributed by atoms with Crippen LogP contribution in [0.4, 0.5) is 10.2 Å². The quantitative estimate of drug-likeness (QED) is 0.262. The SMILES string of the molecule is COc1cc2nccc(Oc3ccc(NC(=O)c4nn(C(C)C)cc(-c5ccc(F)cc5)c4=O)nc3)c2cc1OC. The summed E-state index contributed by atoms with van der Waals surface area (Å²) in [6.45, 7) is 3.74. The predicted molar refractivity (Wildman–Crippen MR) is 151 cm³/mol. The van der Waals surface area contributed by atoms with Crippen molar-refractivity contribution in [2.75, 3.05) is 19.5 Å². The van der Waals surface area contributed by atoms with E-state index in [1.807, 2.05) is 13.8 Å². The van der Waals surface area contributed by atoms with Gasteiger partial charge in [-0.1, -0.05) is 12.1 Å². The molecule has 0 aliphatic carbocycles. The van der Waals surface area contributed by atoms with E-state index in [2.05, 4.69) is 20.4 Å². The van der Waals surface area contributed by atoms with Gasteiger partial charge < -0.3 is 19.5 Å². The Hall–Kier alpha value is -5.32. The lowest BCUT2D eigenvalue weighted by Gasteiger charge is -2.14. The van der Waals surface area contributed by atoms with Gasteiger partial charge in [0.05, 0.1) is 25.9 Å². The third-order valence-corrected chi connectivity index (χ3v) is 6.25. The highest BCUT2D eigenvalue weighted by atomic mass is 19.1. The lowest BCUT2D eigenvalue weighted by Crippen LogP contribution is -2.28. The van der Waals surface area contributed by atoms with Gasteiger partial charge in [-0.2, -0.15) is 5.10 Å². The lowest BCUT2D eigenvalue weighted by atomic mass is 10.1. The number of hydrogen-bond acceptors (Lipinski definition) is 8. The maximum Gasteiger partial charge on any atom is 0.281 e. The number of methoxy groups -OCH3 is 2. The standard InChI is InChI=1S/C30H26FN5O5/c1-17(2)36-16-22(18-5-7-19(31)8-6-18)29(37)28(35-36)30(38)34-27-10-9-20(15-33-27)41-24-11-12-32-23-14-26(40-4)25(39-3)13-21(23)24/h5-17H,1-4H3,(H,33,34,38). The van der Waals surface area contributed by atoms with E-state index in [1.54, 1.807) is 56.9 Å². The molecule has 5 rings (SSSR count). The Morgan fingerprint density at radius 1 is 0.951 bits per heavy atom. The summed E-state index contributed by atoms with van der Waals surface area (Å²) in [6.07, 6.45) is 4.61. The van der Waals surface area contributed by atoms with Crippen LogP contribution in [-0.2, 0) is 0 Å². The third-order valence-electron chi connectivity index (χ3n) is 6.25. The highest BCUT2D eigenvalue weighted by molar-refractivity contribution is 6.02. The molecule has 10 nitrogen and oxygen atoms in total. The molecular formula is C30H26FN5O5. The molecular weight excluding hydrogens is 529 g/mol. The van der Waals surface area contributed by atoms with E-state index in [9.17, 15) is 14.0 Å². The molecule has 41 heavy (non-hydrogen) atoms. The van der Waals surface area contributed by atoms with Crippen LogP contribution >= 0.6 is 0 Å². The maximum atomic E-state index is 13.5. The Labute approximate surface area is 234 Å². The van der Waals surface area contributed by atoms with Gasteiger partial charge in [0.15, 0.2) is 17.2 Å². The second-order valence-electron chi connectivity index (χ2n) is 9.27. The van der Waals surface area contributed by atoms with Gasteiger partial charge in [0.25, 0.3) is 5.91 Å². The molecule has 0 aliphatic rings. The summed E-state index contributed by atoms with van der Waals surface area (Å²) in [5.74, 6) is 1.04. The average Bonchev–Trinajstić information content (AvgIpc) is 2.98. The van der Waals surface area contributed by atoms with Crippen LogP contribution < -0.4 is 25.0 Å². The van der Waals surface area contributed by atoms with E-state index in [0.717, 1.165) is 0 Å². The zero-order valence-corrected chi connectivity index (χ0v) is 22.7. The molecule has 5 aromatic rings. The van der Waals surface area contributed by atoms with Crippen molar-refractivity contribution in [3.63, 3.8) is 0 Å². The van der Waals surface area contributed by atoms with Gasteiger partial charge in [0, 0.05) is 35.5 Å². The fourth-order valence-electron chi connectivity index (χ4n) is 4.11. The van der Waals surface area contributed by atoms with Crippen molar-refractivity contribution in [1.82, 2.24) is 19.7 Å². The number of ether oxygens (including phenoxy) is 3. The van der Waals surface area contributed by atoms with Crippen LogP contribution in [0.2, 0.25) is 0 Å². The summed E-state index contributed by atoms with van der Waals surface area (Å²) < 4.78 is 31.8. The van der Waals surface area contributed by atoms with Gasteiger partial charge in [0.2, 0.25) is 5.43 Å². The van der Waals surface area contributed by atoms with Crippen molar-refractivity contribution in [3.05, 3.63) is 94.9 Å². The van der Waals surface area contributed by atoms with Gasteiger partial charge in [-0.25, -0.2) is 9.37 Å². The van der Waals surface area contributed by atoms with E-state index < -0.39 is 17.2 Å². The normalized spacial score (nSPS) is 11.0. The first-order valence-corrected chi connectivity index (χ1v) is 12.6. The number of pyridine rings is 2. The number of carbonyl (C=O) groups is 1. The second kappa shape index (κ2) is 11.4. The van der Waals surface area contributed by atoms with Crippen molar-refractivity contribution in [1.29, 1.82) is 0 Å². The van der Waals surface area contributed by atoms with E-state index in [1.165, 1.54) is 35.1 Å². The molecule has 208 valence electrons. The highest BCUT2D eigenvalue weighted by Gasteiger charge is 2.20. The zero-order chi connectivity index (χ0) is 29.1. The number of benzene rings is 2. The zero-order valence-electron chi connectivity index (χ0n) is 22.7. The van der Waals surface area contributed by atoms with Crippen LogP contribution in [0.25, 0.3) is 22.0 Å². The molecule has 3 aromatic heterocycles. The molecule has 3 heterocycles. The van der Waals surface area contributed by atoms with Crippen molar-refractivity contribution in [3.8, 4) is 34.1 Å². The number of amides is 1. The largest absolute Gasteiger partial charge is 0.493 e. The van der Waals surface area contributed by atoms with Crippen LogP contribution in [0.15, 0.2) is 78.0 Å². The molecule has 0 atom stereocenters. The molecule has 0 bridgehead atoms. The maximum absolute atomic E-state index is 13.5. The van der Waals surface area contributed by atoms with Crippen LogP contribution in [0.1, 0.15) is 30.4 Å². The number of aromatic nitrogens is 4. The van der Waals surface area contributed by atoms with E-state index in [-0.39, 0.29) is 23.1 Å².